The van der Waals surface area contributed by atoms with Gasteiger partial charge in [-0.25, -0.2) is 0 Å². The van der Waals surface area contributed by atoms with Crippen LogP contribution in [0.2, 0.25) is 0 Å². The van der Waals surface area contributed by atoms with E-state index in [2.05, 4.69) is 15.2 Å². The molecule has 1 aromatic carbocycles. The maximum absolute atomic E-state index is 13.6. The number of carbonyl (C=O) groups excluding carboxylic acids is 1. The summed E-state index contributed by atoms with van der Waals surface area (Å²) in [4.78, 5) is 18.6. The second kappa shape index (κ2) is 10.1. The van der Waals surface area contributed by atoms with E-state index in [4.69, 9.17) is 20.9 Å². The minimum atomic E-state index is -3.15. The van der Waals surface area contributed by atoms with Crippen LogP contribution in [0.3, 0.4) is 0 Å². The quantitative estimate of drug-likeness (QED) is 0.555. The van der Waals surface area contributed by atoms with Gasteiger partial charge >= 0.3 is 0 Å². The van der Waals surface area contributed by atoms with Crippen LogP contribution in [0.15, 0.2) is 54.2 Å². The van der Waals surface area contributed by atoms with E-state index in [1.165, 1.54) is 12.3 Å². The predicted molar refractivity (Wildman–Crippen MR) is 133 cm³/mol. The van der Waals surface area contributed by atoms with E-state index < -0.39 is 17.5 Å². The molecule has 2 atom stereocenters. The number of amides is 1. The Labute approximate surface area is 209 Å². The second-order valence-electron chi connectivity index (χ2n) is 9.05. The summed E-state index contributed by atoms with van der Waals surface area (Å²) in [5.41, 5.74) is 15.6. The van der Waals surface area contributed by atoms with Crippen molar-refractivity contribution in [3.8, 4) is 0 Å². The molecule has 192 valence electrons. The number of morpholine rings is 1. The minimum absolute atomic E-state index is 0.0440. The zero-order valence-electron chi connectivity index (χ0n) is 20.6. The number of hydrogen-bond acceptors (Lipinski definition) is 7. The number of ether oxygens (including phenoxy) is 2. The average Bonchev–Trinajstić information content (AvgIpc) is 2.86. The molecule has 1 saturated heterocycles. The Balaban J connectivity index is 1.60. The van der Waals surface area contributed by atoms with Crippen molar-refractivity contribution in [2.24, 2.45) is 11.5 Å². The molecule has 1 amide bonds. The third-order valence-corrected chi connectivity index (χ3v) is 6.41. The summed E-state index contributed by atoms with van der Waals surface area (Å²) in [6.07, 6.45) is 3.71. The molecular formula is C26H31F2N5O3. The fourth-order valence-electron chi connectivity index (χ4n) is 4.43. The first-order valence-corrected chi connectivity index (χ1v) is 11.8. The number of fused-ring (bicyclic) bond motifs is 1. The number of benzene rings is 1. The van der Waals surface area contributed by atoms with Crippen molar-refractivity contribution in [3.05, 3.63) is 76.6 Å². The molecule has 4 rings (SSSR count). The standard InChI is InChI=1S/C26H31F2N5O3/c1-4-22-21-14-35-10-9-33(21)20(24(30)36-22)13-19(29)18-12-17(6-5-15(18)2)32-25(34)16-7-8-31-23(11-16)26(3,27)28/h5-8,11-13,21-22H,4,9-10,14,29-30H2,1-3H3,(H,32,34)/b19-13-. The summed E-state index contributed by atoms with van der Waals surface area (Å²) in [5, 5.41) is 2.75. The molecule has 0 aliphatic carbocycles. The lowest BCUT2D eigenvalue weighted by Crippen LogP contribution is -2.55. The molecule has 2 unspecified atom stereocenters. The monoisotopic (exact) mass is 499 g/mol. The number of nitrogens with one attached hydrogen (secondary N) is 1. The number of pyridine rings is 1. The third kappa shape index (κ3) is 5.28. The average molecular weight is 500 g/mol. The Hall–Kier alpha value is -3.66. The van der Waals surface area contributed by atoms with E-state index in [1.807, 2.05) is 19.9 Å². The summed E-state index contributed by atoms with van der Waals surface area (Å²) in [6.45, 7) is 6.48. The van der Waals surface area contributed by atoms with Crippen molar-refractivity contribution in [2.45, 2.75) is 45.3 Å². The molecule has 3 heterocycles. The van der Waals surface area contributed by atoms with Crippen LogP contribution in [0.25, 0.3) is 5.70 Å². The number of alkyl halides is 2. The summed E-state index contributed by atoms with van der Waals surface area (Å²) >= 11 is 0. The van der Waals surface area contributed by atoms with Crippen LogP contribution in [0.1, 0.15) is 47.4 Å². The first-order chi connectivity index (χ1) is 17.1. The van der Waals surface area contributed by atoms with Gasteiger partial charge in [0.25, 0.3) is 11.8 Å². The molecule has 0 saturated carbocycles. The van der Waals surface area contributed by atoms with Crippen molar-refractivity contribution >= 4 is 17.3 Å². The molecule has 0 spiro atoms. The number of aromatic nitrogens is 1. The largest absolute Gasteiger partial charge is 0.472 e. The number of rotatable bonds is 6. The first-order valence-electron chi connectivity index (χ1n) is 11.8. The lowest BCUT2D eigenvalue weighted by Gasteiger charge is -2.45. The van der Waals surface area contributed by atoms with Crippen LogP contribution in [-0.2, 0) is 15.4 Å². The third-order valence-electron chi connectivity index (χ3n) is 6.41. The molecule has 2 aromatic rings. The maximum atomic E-state index is 13.6. The molecule has 10 heteroatoms. The van der Waals surface area contributed by atoms with Crippen LogP contribution in [0, 0.1) is 6.92 Å². The van der Waals surface area contributed by atoms with Gasteiger partial charge in [-0.3, -0.25) is 9.78 Å². The van der Waals surface area contributed by atoms with Gasteiger partial charge in [-0.1, -0.05) is 13.0 Å². The Morgan fingerprint density at radius 2 is 2.11 bits per heavy atom. The summed E-state index contributed by atoms with van der Waals surface area (Å²) in [5.74, 6) is -3.37. The van der Waals surface area contributed by atoms with Gasteiger partial charge in [0, 0.05) is 42.2 Å². The van der Waals surface area contributed by atoms with Crippen LogP contribution in [0.4, 0.5) is 14.5 Å². The fraction of sp³-hybridized carbons (Fsp3) is 0.385. The van der Waals surface area contributed by atoms with E-state index in [9.17, 15) is 13.6 Å². The topological polar surface area (TPSA) is 116 Å². The number of halogens is 2. The molecular weight excluding hydrogens is 468 g/mol. The van der Waals surface area contributed by atoms with Gasteiger partial charge in [0.15, 0.2) is 0 Å². The van der Waals surface area contributed by atoms with E-state index in [1.54, 1.807) is 18.2 Å². The molecule has 0 radical (unpaired) electrons. The highest BCUT2D eigenvalue weighted by Gasteiger charge is 2.37. The molecule has 2 aliphatic rings. The number of nitrogens with zero attached hydrogens (tertiary/aromatic N) is 2. The van der Waals surface area contributed by atoms with Crippen molar-refractivity contribution < 1.29 is 23.0 Å². The van der Waals surface area contributed by atoms with Crippen molar-refractivity contribution in [2.75, 3.05) is 25.1 Å². The maximum Gasteiger partial charge on any atom is 0.286 e. The minimum Gasteiger partial charge on any atom is -0.472 e. The van der Waals surface area contributed by atoms with Gasteiger partial charge in [0.1, 0.15) is 11.8 Å². The zero-order chi connectivity index (χ0) is 26.0. The fourth-order valence-corrected chi connectivity index (χ4v) is 4.43. The highest BCUT2D eigenvalue weighted by atomic mass is 19.3. The first kappa shape index (κ1) is 25.4. The lowest BCUT2D eigenvalue weighted by atomic mass is 10.0. The van der Waals surface area contributed by atoms with Crippen LogP contribution in [0.5, 0.6) is 0 Å². The SMILES string of the molecule is CCC1OC(N)=C(/C=C(\N)c2cc(NC(=O)c3ccnc(C(C)(F)F)c3)ccc2C)N2CCOCC12. The number of nitrogens with two attached hydrogens (primary N) is 2. The number of carbonyl (C=O) groups is 1. The second-order valence-corrected chi connectivity index (χ2v) is 9.05. The van der Waals surface area contributed by atoms with E-state index in [-0.39, 0.29) is 17.7 Å². The molecule has 5 N–H and O–H groups in total. The van der Waals surface area contributed by atoms with Crippen molar-refractivity contribution in [3.63, 3.8) is 0 Å². The zero-order valence-corrected chi connectivity index (χ0v) is 20.6. The number of hydrogen-bond donors (Lipinski definition) is 3. The van der Waals surface area contributed by atoms with Crippen molar-refractivity contribution in [1.29, 1.82) is 0 Å². The van der Waals surface area contributed by atoms with Gasteiger partial charge in [0.2, 0.25) is 5.88 Å². The van der Waals surface area contributed by atoms with Gasteiger partial charge in [-0.15, -0.1) is 0 Å². The summed E-state index contributed by atoms with van der Waals surface area (Å²) in [7, 11) is 0. The van der Waals surface area contributed by atoms with E-state index in [0.29, 0.717) is 48.3 Å². The van der Waals surface area contributed by atoms with Gasteiger partial charge in [-0.2, -0.15) is 8.78 Å². The van der Waals surface area contributed by atoms with Gasteiger partial charge in [-0.05, 0) is 49.2 Å². The molecule has 36 heavy (non-hydrogen) atoms. The van der Waals surface area contributed by atoms with E-state index >= 15 is 0 Å². The summed E-state index contributed by atoms with van der Waals surface area (Å²) < 4.78 is 38.9. The Bertz CT molecular complexity index is 1210. The van der Waals surface area contributed by atoms with E-state index in [0.717, 1.165) is 25.0 Å². The van der Waals surface area contributed by atoms with Gasteiger partial charge < -0.3 is 31.2 Å². The number of allylic oxidation sites excluding steroid dienone is 1. The predicted octanol–water partition coefficient (Wildman–Crippen LogP) is 3.69. The van der Waals surface area contributed by atoms with Crippen molar-refractivity contribution in [1.82, 2.24) is 9.88 Å². The Morgan fingerprint density at radius 3 is 2.83 bits per heavy atom. The smallest absolute Gasteiger partial charge is 0.286 e. The molecule has 8 nitrogen and oxygen atoms in total. The highest BCUT2D eigenvalue weighted by molar-refractivity contribution is 6.04. The molecule has 1 aromatic heterocycles. The number of anilines is 1. The van der Waals surface area contributed by atoms with Crippen LogP contribution in [-0.4, -0.2) is 47.7 Å². The number of aryl methyl sites for hydroxylation is 1. The van der Waals surface area contributed by atoms with Crippen LogP contribution >= 0.6 is 0 Å². The normalized spacial score (nSPS) is 20.6. The Morgan fingerprint density at radius 1 is 1.33 bits per heavy atom. The highest BCUT2D eigenvalue weighted by Crippen LogP contribution is 2.31. The molecule has 1 fully saturated rings. The Kier molecular flexibility index (Phi) is 7.16. The molecule has 2 aliphatic heterocycles. The summed E-state index contributed by atoms with van der Waals surface area (Å²) in [6, 6.07) is 7.79. The van der Waals surface area contributed by atoms with Gasteiger partial charge in [0.05, 0.1) is 25.0 Å². The molecule has 0 bridgehead atoms. The lowest BCUT2D eigenvalue weighted by molar-refractivity contribution is -0.0754. The van der Waals surface area contributed by atoms with Crippen LogP contribution < -0.4 is 16.8 Å².